The van der Waals surface area contributed by atoms with Gasteiger partial charge in [0, 0.05) is 0 Å². The van der Waals surface area contributed by atoms with Gasteiger partial charge in [0.2, 0.25) is 0 Å². The minimum absolute atomic E-state index is 1.10. The number of allylic oxidation sites excluding steroid dienone is 1. The number of rotatable bonds is 7. The standard InChI is InChI=1S/C27H28/c1-2-3-4-7-12-21-19-26-24(22-13-8-5-9-14-22)17-18-25(27(26)20-21)23-15-10-6-11-16-23/h5-6,8-11,13-19H,2-4,7,12,20H2,1H3. The van der Waals surface area contributed by atoms with Crippen LogP contribution in [0.2, 0.25) is 0 Å². The second kappa shape index (κ2) is 8.39. The average molecular weight is 353 g/mol. The first-order valence-electron chi connectivity index (χ1n) is 10.3. The third-order valence-electron chi connectivity index (χ3n) is 5.63. The van der Waals surface area contributed by atoms with E-state index in [9.17, 15) is 0 Å². The minimum atomic E-state index is 1.10. The van der Waals surface area contributed by atoms with E-state index >= 15 is 0 Å². The number of unbranched alkanes of at least 4 members (excludes halogenated alkanes) is 3. The highest BCUT2D eigenvalue weighted by Crippen LogP contribution is 2.41. The summed E-state index contributed by atoms with van der Waals surface area (Å²) in [5.74, 6) is 0. The van der Waals surface area contributed by atoms with E-state index in [1.54, 1.807) is 5.57 Å². The van der Waals surface area contributed by atoms with Crippen LogP contribution >= 0.6 is 0 Å². The van der Waals surface area contributed by atoms with Crippen molar-refractivity contribution in [2.45, 2.75) is 45.4 Å². The van der Waals surface area contributed by atoms with Crippen LogP contribution in [0.25, 0.3) is 28.3 Å². The third-order valence-corrected chi connectivity index (χ3v) is 5.63. The maximum absolute atomic E-state index is 2.48. The molecule has 27 heavy (non-hydrogen) atoms. The normalized spacial score (nSPS) is 12.7. The van der Waals surface area contributed by atoms with Gasteiger partial charge < -0.3 is 0 Å². The van der Waals surface area contributed by atoms with Crippen LogP contribution in [-0.2, 0) is 6.42 Å². The molecule has 0 N–H and O–H groups in total. The van der Waals surface area contributed by atoms with E-state index in [1.165, 1.54) is 65.5 Å². The molecule has 0 unspecified atom stereocenters. The van der Waals surface area contributed by atoms with Gasteiger partial charge in [-0.1, -0.05) is 111 Å². The van der Waals surface area contributed by atoms with Gasteiger partial charge in [0.25, 0.3) is 0 Å². The molecule has 0 heterocycles. The van der Waals surface area contributed by atoms with Crippen molar-refractivity contribution in [3.05, 3.63) is 89.5 Å². The topological polar surface area (TPSA) is 0 Å². The summed E-state index contributed by atoms with van der Waals surface area (Å²) in [6.45, 7) is 2.28. The van der Waals surface area contributed by atoms with Gasteiger partial charge in [-0.25, -0.2) is 0 Å². The van der Waals surface area contributed by atoms with Crippen LogP contribution in [0, 0.1) is 0 Å². The molecular formula is C27H28. The zero-order valence-electron chi connectivity index (χ0n) is 16.2. The van der Waals surface area contributed by atoms with Gasteiger partial charge in [-0.15, -0.1) is 0 Å². The highest BCUT2D eigenvalue weighted by molar-refractivity contribution is 5.86. The summed E-state index contributed by atoms with van der Waals surface area (Å²) < 4.78 is 0. The monoisotopic (exact) mass is 352 g/mol. The molecular weight excluding hydrogens is 324 g/mol. The molecule has 0 saturated heterocycles. The van der Waals surface area contributed by atoms with Crippen LogP contribution in [0.5, 0.6) is 0 Å². The number of fused-ring (bicyclic) bond motifs is 1. The lowest BCUT2D eigenvalue weighted by molar-refractivity contribution is 0.662. The Morgan fingerprint density at radius 3 is 1.96 bits per heavy atom. The molecule has 4 rings (SSSR count). The Kier molecular flexibility index (Phi) is 5.53. The second-order valence-corrected chi connectivity index (χ2v) is 7.57. The van der Waals surface area contributed by atoms with Crippen molar-refractivity contribution in [3.8, 4) is 22.3 Å². The number of benzene rings is 3. The molecule has 0 bridgehead atoms. The molecule has 0 saturated carbocycles. The maximum atomic E-state index is 2.48. The summed E-state index contributed by atoms with van der Waals surface area (Å²) in [5, 5.41) is 0. The van der Waals surface area contributed by atoms with E-state index in [-0.39, 0.29) is 0 Å². The fourth-order valence-electron chi connectivity index (χ4n) is 4.20. The van der Waals surface area contributed by atoms with Crippen molar-refractivity contribution in [1.29, 1.82) is 0 Å². The van der Waals surface area contributed by atoms with Crippen molar-refractivity contribution in [1.82, 2.24) is 0 Å². The van der Waals surface area contributed by atoms with Crippen LogP contribution in [0.3, 0.4) is 0 Å². The Bertz CT molecular complexity index is 917. The summed E-state index contributed by atoms with van der Waals surface area (Å²) in [4.78, 5) is 0. The van der Waals surface area contributed by atoms with Crippen LogP contribution in [0.1, 0.15) is 50.2 Å². The van der Waals surface area contributed by atoms with Crippen LogP contribution in [0.4, 0.5) is 0 Å². The zero-order chi connectivity index (χ0) is 18.5. The summed E-state index contributed by atoms with van der Waals surface area (Å²) in [6, 6.07) is 26.3. The Hall–Kier alpha value is -2.60. The molecule has 0 nitrogen and oxygen atoms in total. The smallest absolute Gasteiger partial charge is 0.00514 e. The maximum Gasteiger partial charge on any atom is -0.00514 e. The predicted octanol–water partition coefficient (Wildman–Crippen LogP) is 7.93. The Balaban J connectivity index is 1.71. The molecule has 0 amide bonds. The molecule has 0 radical (unpaired) electrons. The van der Waals surface area contributed by atoms with E-state index in [4.69, 9.17) is 0 Å². The average Bonchev–Trinajstić information content (AvgIpc) is 3.16. The molecule has 3 aromatic carbocycles. The molecule has 1 aliphatic rings. The van der Waals surface area contributed by atoms with Crippen molar-refractivity contribution in [2.75, 3.05) is 0 Å². The lowest BCUT2D eigenvalue weighted by Gasteiger charge is -2.14. The van der Waals surface area contributed by atoms with Crippen molar-refractivity contribution in [3.63, 3.8) is 0 Å². The molecule has 0 aliphatic heterocycles. The highest BCUT2D eigenvalue weighted by Gasteiger charge is 2.20. The molecule has 0 fully saturated rings. The van der Waals surface area contributed by atoms with E-state index in [1.807, 2.05) is 0 Å². The van der Waals surface area contributed by atoms with Gasteiger partial charge in [-0.05, 0) is 52.6 Å². The summed E-state index contributed by atoms with van der Waals surface area (Å²) >= 11 is 0. The first-order chi connectivity index (χ1) is 13.4. The largest absolute Gasteiger partial charge is 0.0654 e. The highest BCUT2D eigenvalue weighted by atomic mass is 14.2. The third kappa shape index (κ3) is 3.90. The Labute approximate surface area is 163 Å². The van der Waals surface area contributed by atoms with Gasteiger partial charge in [0.15, 0.2) is 0 Å². The van der Waals surface area contributed by atoms with E-state index < -0.39 is 0 Å². The van der Waals surface area contributed by atoms with Gasteiger partial charge in [0.1, 0.15) is 0 Å². The van der Waals surface area contributed by atoms with Crippen molar-refractivity contribution in [2.24, 2.45) is 0 Å². The fraction of sp³-hybridized carbons (Fsp3) is 0.259. The Morgan fingerprint density at radius 1 is 0.667 bits per heavy atom. The lowest BCUT2D eigenvalue weighted by Crippen LogP contribution is -1.93. The van der Waals surface area contributed by atoms with E-state index in [0.29, 0.717) is 0 Å². The van der Waals surface area contributed by atoms with Crippen LogP contribution in [-0.4, -0.2) is 0 Å². The van der Waals surface area contributed by atoms with Crippen LogP contribution in [0.15, 0.2) is 78.4 Å². The predicted molar refractivity (Wildman–Crippen MR) is 118 cm³/mol. The van der Waals surface area contributed by atoms with E-state index in [0.717, 1.165) is 6.42 Å². The van der Waals surface area contributed by atoms with Gasteiger partial charge >= 0.3 is 0 Å². The lowest BCUT2D eigenvalue weighted by atomic mass is 9.90. The van der Waals surface area contributed by atoms with Gasteiger partial charge in [-0.3, -0.25) is 0 Å². The van der Waals surface area contributed by atoms with E-state index in [2.05, 4.69) is 85.8 Å². The molecule has 1 aliphatic carbocycles. The molecule has 3 aromatic rings. The molecule has 136 valence electrons. The fourth-order valence-corrected chi connectivity index (χ4v) is 4.20. The Morgan fingerprint density at radius 2 is 1.30 bits per heavy atom. The summed E-state index contributed by atoms with van der Waals surface area (Å²) in [5.41, 5.74) is 9.95. The molecule has 0 heteroatoms. The molecule has 0 aromatic heterocycles. The molecule has 0 atom stereocenters. The van der Waals surface area contributed by atoms with Crippen molar-refractivity contribution < 1.29 is 0 Å². The summed E-state index contributed by atoms with van der Waals surface area (Å²) in [6.07, 6.45) is 10.1. The first kappa shape index (κ1) is 17.8. The SMILES string of the molecule is CCCCCCC1=Cc2c(-c3ccccc3)ccc(-c3ccccc3)c2C1. The van der Waals surface area contributed by atoms with Gasteiger partial charge in [-0.2, -0.15) is 0 Å². The summed E-state index contributed by atoms with van der Waals surface area (Å²) in [7, 11) is 0. The first-order valence-corrected chi connectivity index (χ1v) is 10.3. The number of hydrogen-bond donors (Lipinski definition) is 0. The quantitative estimate of drug-likeness (QED) is 0.379. The number of hydrogen-bond acceptors (Lipinski definition) is 0. The minimum Gasteiger partial charge on any atom is -0.0654 e. The second-order valence-electron chi connectivity index (χ2n) is 7.57. The molecule has 0 spiro atoms. The van der Waals surface area contributed by atoms with Crippen LogP contribution < -0.4 is 0 Å². The van der Waals surface area contributed by atoms with Gasteiger partial charge in [0.05, 0.1) is 0 Å². The zero-order valence-corrected chi connectivity index (χ0v) is 16.2. The van der Waals surface area contributed by atoms with Crippen molar-refractivity contribution >= 4 is 6.08 Å².